The van der Waals surface area contributed by atoms with Crippen molar-refractivity contribution in [3.05, 3.63) is 48.0 Å². The lowest BCUT2D eigenvalue weighted by Gasteiger charge is -2.18. The maximum absolute atomic E-state index is 11.4. The summed E-state index contributed by atoms with van der Waals surface area (Å²) in [6.45, 7) is 4.58. The number of aliphatic hydroxyl groups is 1. The van der Waals surface area contributed by atoms with Gasteiger partial charge in [-0.25, -0.2) is 4.98 Å². The summed E-state index contributed by atoms with van der Waals surface area (Å²) >= 11 is 0. The van der Waals surface area contributed by atoms with Crippen LogP contribution >= 0.6 is 0 Å². The molecule has 1 aliphatic heterocycles. The highest BCUT2D eigenvalue weighted by atomic mass is 16.5. The fourth-order valence-electron chi connectivity index (χ4n) is 3.59. The van der Waals surface area contributed by atoms with E-state index in [4.69, 9.17) is 4.74 Å². The molecule has 26 heavy (non-hydrogen) atoms. The second kappa shape index (κ2) is 8.33. The number of carbonyl (C=O) groups is 1. The number of imidazole rings is 1. The van der Waals surface area contributed by atoms with Crippen LogP contribution in [0, 0.1) is 5.92 Å². The summed E-state index contributed by atoms with van der Waals surface area (Å²) in [6, 6.07) is 6.21. The summed E-state index contributed by atoms with van der Waals surface area (Å²) in [5.41, 5.74) is 2.28. The quantitative estimate of drug-likeness (QED) is 0.768. The molecule has 1 fully saturated rings. The number of hydrogen-bond acceptors (Lipinski definition) is 5. The van der Waals surface area contributed by atoms with Crippen molar-refractivity contribution in [2.24, 2.45) is 5.92 Å². The summed E-state index contributed by atoms with van der Waals surface area (Å²) in [6.07, 6.45) is 5.48. The van der Waals surface area contributed by atoms with Gasteiger partial charge in [0.25, 0.3) is 0 Å². The summed E-state index contributed by atoms with van der Waals surface area (Å²) in [5, 5.41) is 12.5. The third-order valence-corrected chi connectivity index (χ3v) is 4.80. The molecule has 2 aromatic rings. The molecule has 0 unspecified atom stereocenters. The third kappa shape index (κ3) is 4.42. The maximum Gasteiger partial charge on any atom is 0.217 e. The summed E-state index contributed by atoms with van der Waals surface area (Å²) in [4.78, 5) is 17.7. The minimum atomic E-state index is -0.0534. The van der Waals surface area contributed by atoms with E-state index < -0.39 is 0 Å². The highest BCUT2D eigenvalue weighted by molar-refractivity contribution is 5.73. The number of methoxy groups -OCH3 is 1. The van der Waals surface area contributed by atoms with Gasteiger partial charge in [0.15, 0.2) is 0 Å². The number of ether oxygens (including phenoxy) is 1. The van der Waals surface area contributed by atoms with Crippen LogP contribution in [-0.2, 0) is 17.9 Å². The molecule has 2 heterocycles. The number of nitrogens with one attached hydrogen (secondary N) is 1. The van der Waals surface area contributed by atoms with Gasteiger partial charge < -0.3 is 19.7 Å². The molecule has 1 aromatic heterocycles. The van der Waals surface area contributed by atoms with Crippen molar-refractivity contribution < 1.29 is 14.6 Å². The molecule has 1 aromatic carbocycles. The lowest BCUT2D eigenvalue weighted by atomic mass is 10.1. The van der Waals surface area contributed by atoms with Crippen LogP contribution in [0.1, 0.15) is 18.1 Å². The van der Waals surface area contributed by atoms with Gasteiger partial charge >= 0.3 is 0 Å². The van der Waals surface area contributed by atoms with Crippen molar-refractivity contribution in [3.8, 4) is 5.75 Å². The molecule has 7 nitrogen and oxygen atoms in total. The Morgan fingerprint density at radius 3 is 2.88 bits per heavy atom. The zero-order valence-corrected chi connectivity index (χ0v) is 15.3. The van der Waals surface area contributed by atoms with Crippen LogP contribution in [0.25, 0.3) is 0 Å². The molecule has 1 saturated heterocycles. The Labute approximate surface area is 153 Å². The van der Waals surface area contributed by atoms with E-state index in [1.54, 1.807) is 19.6 Å². The zero-order chi connectivity index (χ0) is 18.5. The molecule has 7 heteroatoms. The van der Waals surface area contributed by atoms with Gasteiger partial charge in [0.1, 0.15) is 5.75 Å². The van der Waals surface area contributed by atoms with E-state index >= 15 is 0 Å². The zero-order valence-electron chi connectivity index (χ0n) is 15.3. The topological polar surface area (TPSA) is 79.6 Å². The second-order valence-corrected chi connectivity index (χ2v) is 6.82. The first-order valence-electron chi connectivity index (χ1n) is 8.81. The van der Waals surface area contributed by atoms with Gasteiger partial charge in [-0.15, -0.1) is 0 Å². The molecule has 1 amide bonds. The highest BCUT2D eigenvalue weighted by Gasteiger charge is 2.32. The monoisotopic (exact) mass is 358 g/mol. The van der Waals surface area contributed by atoms with Gasteiger partial charge in [-0.3, -0.25) is 9.69 Å². The first kappa shape index (κ1) is 18.4. The predicted molar refractivity (Wildman–Crippen MR) is 97.8 cm³/mol. The third-order valence-electron chi connectivity index (χ3n) is 4.80. The van der Waals surface area contributed by atoms with Crippen molar-refractivity contribution >= 4 is 5.91 Å². The van der Waals surface area contributed by atoms with E-state index in [1.165, 1.54) is 12.5 Å². The number of likely N-dealkylation sites (tertiary alicyclic amines) is 1. The van der Waals surface area contributed by atoms with Crippen molar-refractivity contribution in [1.82, 2.24) is 19.8 Å². The number of nitrogens with zero attached hydrogens (tertiary/aromatic N) is 3. The van der Waals surface area contributed by atoms with Crippen LogP contribution in [0.5, 0.6) is 5.75 Å². The Morgan fingerprint density at radius 1 is 1.38 bits per heavy atom. The van der Waals surface area contributed by atoms with Gasteiger partial charge in [0.2, 0.25) is 5.91 Å². The van der Waals surface area contributed by atoms with Crippen LogP contribution < -0.4 is 10.1 Å². The van der Waals surface area contributed by atoms with Crippen LogP contribution in [0.15, 0.2) is 36.9 Å². The normalized spacial score (nSPS) is 20.3. The lowest BCUT2D eigenvalue weighted by Crippen LogP contribution is -2.40. The summed E-state index contributed by atoms with van der Waals surface area (Å²) in [7, 11) is 1.68. The van der Waals surface area contributed by atoms with Gasteiger partial charge in [-0.2, -0.15) is 0 Å². The first-order valence-corrected chi connectivity index (χ1v) is 8.81. The van der Waals surface area contributed by atoms with E-state index in [-0.39, 0.29) is 24.5 Å². The van der Waals surface area contributed by atoms with Crippen LogP contribution in [0.4, 0.5) is 0 Å². The summed E-state index contributed by atoms with van der Waals surface area (Å²) < 4.78 is 7.49. The largest absolute Gasteiger partial charge is 0.496 e. The van der Waals surface area contributed by atoms with Crippen LogP contribution in [-0.4, -0.2) is 58.3 Å². The molecule has 0 radical (unpaired) electrons. The average molecular weight is 358 g/mol. The SMILES string of the molecule is COc1ccc(CN2C[C@@H](CO)[C@H](NC(C)=O)C2)cc1Cn1ccnc1. The second-order valence-electron chi connectivity index (χ2n) is 6.82. The van der Waals surface area contributed by atoms with Crippen LogP contribution in [0.3, 0.4) is 0 Å². The number of aliphatic hydroxyl groups excluding tert-OH is 1. The number of carbonyl (C=O) groups excluding carboxylic acids is 1. The summed E-state index contributed by atoms with van der Waals surface area (Å²) in [5.74, 6) is 0.873. The van der Waals surface area contributed by atoms with E-state index in [0.29, 0.717) is 6.54 Å². The number of rotatable bonds is 7. The molecule has 0 spiro atoms. The lowest BCUT2D eigenvalue weighted by molar-refractivity contribution is -0.119. The van der Waals surface area contributed by atoms with Crippen LogP contribution in [0.2, 0.25) is 0 Å². The molecule has 2 N–H and O–H groups in total. The van der Waals surface area contributed by atoms with E-state index in [0.717, 1.165) is 30.9 Å². The molecule has 0 bridgehead atoms. The Hall–Kier alpha value is -2.38. The van der Waals surface area contributed by atoms with Gasteiger partial charge in [-0.05, 0) is 17.7 Å². The number of benzene rings is 1. The van der Waals surface area contributed by atoms with Gasteiger partial charge in [0.05, 0.1) is 20.0 Å². The van der Waals surface area contributed by atoms with E-state index in [9.17, 15) is 9.90 Å². The van der Waals surface area contributed by atoms with Crippen molar-refractivity contribution in [1.29, 1.82) is 0 Å². The van der Waals surface area contributed by atoms with Crippen molar-refractivity contribution in [3.63, 3.8) is 0 Å². The van der Waals surface area contributed by atoms with Crippen molar-refractivity contribution in [2.75, 3.05) is 26.8 Å². The standard InChI is InChI=1S/C19H26N4O3/c1-14(25)21-18-11-23(10-17(18)12-24)8-15-3-4-19(26-2)16(7-15)9-22-6-5-20-13-22/h3-7,13,17-18,24H,8-12H2,1-2H3,(H,21,25)/t17-,18+/m0/s1. The Bertz CT molecular complexity index is 732. The maximum atomic E-state index is 11.4. The van der Waals surface area contributed by atoms with Gasteiger partial charge in [0, 0.05) is 63.1 Å². The fourth-order valence-corrected chi connectivity index (χ4v) is 3.59. The first-order chi connectivity index (χ1) is 12.6. The minimum absolute atomic E-state index is 0.00108. The molecule has 140 valence electrons. The molecule has 3 rings (SSSR count). The fraction of sp³-hybridized carbons (Fsp3) is 0.474. The molecule has 2 atom stereocenters. The molecular formula is C19H26N4O3. The average Bonchev–Trinajstić information content (AvgIpc) is 3.24. The smallest absolute Gasteiger partial charge is 0.217 e. The van der Waals surface area contributed by atoms with Crippen molar-refractivity contribution in [2.45, 2.75) is 26.1 Å². The highest BCUT2D eigenvalue weighted by Crippen LogP contribution is 2.24. The predicted octanol–water partition coefficient (Wildman–Crippen LogP) is 0.869. The Morgan fingerprint density at radius 2 is 2.23 bits per heavy atom. The number of hydrogen-bond donors (Lipinski definition) is 2. The molecule has 0 saturated carbocycles. The number of amides is 1. The minimum Gasteiger partial charge on any atom is -0.496 e. The molecular weight excluding hydrogens is 332 g/mol. The molecule has 0 aliphatic carbocycles. The van der Waals surface area contributed by atoms with E-state index in [2.05, 4.69) is 27.3 Å². The van der Waals surface area contributed by atoms with Gasteiger partial charge in [-0.1, -0.05) is 6.07 Å². The Balaban J connectivity index is 1.70. The van der Waals surface area contributed by atoms with E-state index in [1.807, 2.05) is 16.8 Å². The number of aromatic nitrogens is 2. The molecule has 1 aliphatic rings. The Kier molecular flexibility index (Phi) is 5.90.